The Bertz CT molecular complexity index is 368. The van der Waals surface area contributed by atoms with Crippen molar-refractivity contribution in [3.8, 4) is 6.07 Å². The molecule has 1 aromatic rings. The highest BCUT2D eigenvalue weighted by Crippen LogP contribution is 2.00. The van der Waals surface area contributed by atoms with Crippen LogP contribution >= 0.6 is 0 Å². The molecule has 4 heteroatoms. The molecular weight excluding hydrogens is 178 g/mol. The van der Waals surface area contributed by atoms with Gasteiger partial charge in [0, 0.05) is 18.9 Å². The molecule has 0 aliphatic heterocycles. The first-order valence-corrected chi connectivity index (χ1v) is 4.41. The lowest BCUT2D eigenvalue weighted by Crippen LogP contribution is -2.24. The summed E-state index contributed by atoms with van der Waals surface area (Å²) in [6, 6.07) is 3.46. The van der Waals surface area contributed by atoms with E-state index in [0.717, 1.165) is 6.42 Å². The summed E-state index contributed by atoms with van der Waals surface area (Å²) < 4.78 is 0. The summed E-state index contributed by atoms with van der Waals surface area (Å²) >= 11 is 0. The summed E-state index contributed by atoms with van der Waals surface area (Å²) in [6.45, 7) is 2.61. The predicted molar refractivity (Wildman–Crippen MR) is 51.6 cm³/mol. The van der Waals surface area contributed by atoms with E-state index in [4.69, 9.17) is 5.26 Å². The smallest absolute Gasteiger partial charge is 0.252 e. The minimum Gasteiger partial charge on any atom is -0.352 e. The van der Waals surface area contributed by atoms with Gasteiger partial charge in [-0.05, 0) is 12.5 Å². The Morgan fingerprint density at radius 3 is 3.07 bits per heavy atom. The van der Waals surface area contributed by atoms with Gasteiger partial charge in [-0.3, -0.25) is 9.78 Å². The fourth-order valence-corrected chi connectivity index (χ4v) is 0.966. The third-order valence-electron chi connectivity index (χ3n) is 1.67. The number of aromatic nitrogens is 1. The van der Waals surface area contributed by atoms with E-state index in [0.29, 0.717) is 17.7 Å². The number of nitrogens with one attached hydrogen (secondary N) is 1. The molecule has 4 nitrogen and oxygen atoms in total. The van der Waals surface area contributed by atoms with Gasteiger partial charge in [0.2, 0.25) is 0 Å². The summed E-state index contributed by atoms with van der Waals surface area (Å²) in [4.78, 5) is 15.2. The van der Waals surface area contributed by atoms with Crippen LogP contribution in [0.4, 0.5) is 0 Å². The topological polar surface area (TPSA) is 65.8 Å². The Labute approximate surface area is 82.6 Å². The highest BCUT2D eigenvalue weighted by molar-refractivity contribution is 5.94. The first-order chi connectivity index (χ1) is 6.77. The summed E-state index contributed by atoms with van der Waals surface area (Å²) in [5, 5.41) is 11.3. The van der Waals surface area contributed by atoms with E-state index in [1.807, 2.05) is 13.0 Å². The number of carbonyl (C=O) groups is 1. The van der Waals surface area contributed by atoms with E-state index in [9.17, 15) is 4.79 Å². The summed E-state index contributed by atoms with van der Waals surface area (Å²) in [5.74, 6) is -0.184. The number of hydrogen-bond donors (Lipinski definition) is 1. The molecule has 0 fully saturated rings. The predicted octanol–water partition coefficient (Wildman–Crippen LogP) is 1.09. The normalized spacial score (nSPS) is 9.14. The van der Waals surface area contributed by atoms with Gasteiger partial charge in [0.05, 0.1) is 11.1 Å². The molecule has 1 amide bonds. The summed E-state index contributed by atoms with van der Waals surface area (Å²) in [6.07, 6.45) is 3.76. The van der Waals surface area contributed by atoms with E-state index in [-0.39, 0.29) is 5.91 Å². The van der Waals surface area contributed by atoms with Crippen molar-refractivity contribution >= 4 is 5.91 Å². The number of nitrogens with zero attached hydrogens (tertiary/aromatic N) is 2. The minimum absolute atomic E-state index is 0.184. The molecule has 0 spiro atoms. The average molecular weight is 189 g/mol. The Hall–Kier alpha value is -1.89. The molecule has 0 radical (unpaired) electrons. The highest BCUT2D eigenvalue weighted by atomic mass is 16.1. The van der Waals surface area contributed by atoms with E-state index in [1.165, 1.54) is 18.5 Å². The second kappa shape index (κ2) is 4.97. The van der Waals surface area contributed by atoms with Crippen molar-refractivity contribution in [3.63, 3.8) is 0 Å². The largest absolute Gasteiger partial charge is 0.352 e. The van der Waals surface area contributed by atoms with Gasteiger partial charge in [0.25, 0.3) is 5.91 Å². The van der Waals surface area contributed by atoms with Crippen molar-refractivity contribution in [1.82, 2.24) is 10.3 Å². The van der Waals surface area contributed by atoms with Gasteiger partial charge in [-0.2, -0.15) is 5.26 Å². The minimum atomic E-state index is -0.184. The molecule has 1 heterocycles. The first-order valence-electron chi connectivity index (χ1n) is 4.41. The van der Waals surface area contributed by atoms with Gasteiger partial charge in [0.1, 0.15) is 6.07 Å². The second-order valence-electron chi connectivity index (χ2n) is 2.83. The van der Waals surface area contributed by atoms with Gasteiger partial charge in [-0.25, -0.2) is 0 Å². The van der Waals surface area contributed by atoms with Crippen molar-refractivity contribution in [2.45, 2.75) is 13.3 Å². The number of nitriles is 1. The molecule has 1 N–H and O–H groups in total. The van der Waals surface area contributed by atoms with Crippen LogP contribution in [0.15, 0.2) is 18.5 Å². The van der Waals surface area contributed by atoms with Crippen molar-refractivity contribution in [2.24, 2.45) is 0 Å². The Kier molecular flexibility index (Phi) is 3.62. The van der Waals surface area contributed by atoms with Crippen LogP contribution in [0.3, 0.4) is 0 Å². The fraction of sp³-hybridized carbons (Fsp3) is 0.300. The molecule has 14 heavy (non-hydrogen) atoms. The van der Waals surface area contributed by atoms with Gasteiger partial charge in [-0.15, -0.1) is 0 Å². The Balaban J connectivity index is 2.75. The lowest BCUT2D eigenvalue weighted by molar-refractivity contribution is 0.0953. The van der Waals surface area contributed by atoms with Crippen LogP contribution < -0.4 is 5.32 Å². The second-order valence-corrected chi connectivity index (χ2v) is 2.83. The van der Waals surface area contributed by atoms with E-state index >= 15 is 0 Å². The van der Waals surface area contributed by atoms with Gasteiger partial charge >= 0.3 is 0 Å². The monoisotopic (exact) mass is 189 g/mol. The zero-order chi connectivity index (χ0) is 10.4. The molecule has 0 bridgehead atoms. The molecule has 0 aliphatic carbocycles. The number of carbonyl (C=O) groups excluding carboxylic acids is 1. The van der Waals surface area contributed by atoms with Crippen LogP contribution in [-0.2, 0) is 0 Å². The Morgan fingerprint density at radius 2 is 2.43 bits per heavy atom. The van der Waals surface area contributed by atoms with Crippen molar-refractivity contribution in [2.75, 3.05) is 6.54 Å². The first kappa shape index (κ1) is 10.2. The lowest BCUT2D eigenvalue weighted by Gasteiger charge is -2.02. The van der Waals surface area contributed by atoms with Crippen LogP contribution in [0.2, 0.25) is 0 Å². The number of amides is 1. The van der Waals surface area contributed by atoms with Gasteiger partial charge in [0.15, 0.2) is 0 Å². The van der Waals surface area contributed by atoms with Crippen molar-refractivity contribution < 1.29 is 4.79 Å². The van der Waals surface area contributed by atoms with Crippen LogP contribution in [0.1, 0.15) is 29.3 Å². The van der Waals surface area contributed by atoms with E-state index in [1.54, 1.807) is 0 Å². The maximum atomic E-state index is 11.4. The molecule has 1 aromatic heterocycles. The summed E-state index contributed by atoms with van der Waals surface area (Å²) in [5.41, 5.74) is 0.826. The quantitative estimate of drug-likeness (QED) is 0.774. The van der Waals surface area contributed by atoms with Crippen molar-refractivity contribution in [1.29, 1.82) is 5.26 Å². The van der Waals surface area contributed by atoms with Crippen LogP contribution in [0.5, 0.6) is 0 Å². The molecule has 0 saturated heterocycles. The molecule has 0 saturated carbocycles. The van der Waals surface area contributed by atoms with E-state index < -0.39 is 0 Å². The fourth-order valence-electron chi connectivity index (χ4n) is 0.966. The van der Waals surface area contributed by atoms with Crippen LogP contribution in [-0.4, -0.2) is 17.4 Å². The molecule has 0 aromatic carbocycles. The van der Waals surface area contributed by atoms with Crippen LogP contribution in [0, 0.1) is 11.3 Å². The maximum absolute atomic E-state index is 11.4. The van der Waals surface area contributed by atoms with Gasteiger partial charge < -0.3 is 5.32 Å². The maximum Gasteiger partial charge on any atom is 0.252 e. The van der Waals surface area contributed by atoms with Crippen molar-refractivity contribution in [3.05, 3.63) is 29.6 Å². The van der Waals surface area contributed by atoms with Crippen LogP contribution in [0.25, 0.3) is 0 Å². The lowest BCUT2D eigenvalue weighted by atomic mass is 10.2. The number of rotatable bonds is 3. The zero-order valence-corrected chi connectivity index (χ0v) is 7.95. The van der Waals surface area contributed by atoms with Gasteiger partial charge in [-0.1, -0.05) is 6.92 Å². The third-order valence-corrected chi connectivity index (χ3v) is 1.67. The molecule has 0 unspecified atom stereocenters. The summed E-state index contributed by atoms with van der Waals surface area (Å²) in [7, 11) is 0. The Morgan fingerprint density at radius 1 is 1.64 bits per heavy atom. The molecular formula is C10H11N3O. The zero-order valence-electron chi connectivity index (χ0n) is 7.95. The molecule has 0 atom stereocenters. The number of pyridine rings is 1. The van der Waals surface area contributed by atoms with E-state index in [2.05, 4.69) is 10.3 Å². The average Bonchev–Trinajstić information content (AvgIpc) is 2.26. The molecule has 0 aliphatic rings. The molecule has 1 rings (SSSR count). The number of hydrogen-bond acceptors (Lipinski definition) is 3. The molecule has 72 valence electrons. The SMILES string of the molecule is CCCNC(=O)c1cncc(C#N)c1. The third kappa shape index (κ3) is 2.56. The highest BCUT2D eigenvalue weighted by Gasteiger charge is 2.05. The standard InChI is InChI=1S/C10H11N3O/c1-2-3-13-10(14)9-4-8(5-11)6-12-7-9/h4,6-7H,2-3H2,1H3,(H,13,14).